The monoisotopic (exact) mass is 288 g/mol. The van der Waals surface area contributed by atoms with Crippen molar-refractivity contribution in [2.75, 3.05) is 6.54 Å². The SMILES string of the molecule is O=C1NC(CCCN2C(=O)c3ccccc3C2=O)C(=O)O1. The van der Waals surface area contributed by atoms with Crippen LogP contribution in [-0.2, 0) is 9.53 Å². The molecular formula is C14H12N2O5. The van der Waals surface area contributed by atoms with E-state index >= 15 is 0 Å². The van der Waals surface area contributed by atoms with Crippen molar-refractivity contribution in [3.05, 3.63) is 35.4 Å². The van der Waals surface area contributed by atoms with E-state index < -0.39 is 18.1 Å². The van der Waals surface area contributed by atoms with Crippen molar-refractivity contribution in [1.82, 2.24) is 10.2 Å². The summed E-state index contributed by atoms with van der Waals surface area (Å²) in [4.78, 5) is 47.5. The first-order valence-electron chi connectivity index (χ1n) is 6.55. The summed E-state index contributed by atoms with van der Waals surface area (Å²) in [5.74, 6) is -1.27. The van der Waals surface area contributed by atoms with Gasteiger partial charge in [-0.15, -0.1) is 0 Å². The molecule has 3 rings (SSSR count). The van der Waals surface area contributed by atoms with Gasteiger partial charge in [-0.2, -0.15) is 0 Å². The number of rotatable bonds is 4. The predicted octanol–water partition coefficient (Wildman–Crippen LogP) is 0.698. The van der Waals surface area contributed by atoms with Crippen LogP contribution in [0.2, 0.25) is 0 Å². The Morgan fingerprint density at radius 2 is 1.67 bits per heavy atom. The Labute approximate surface area is 119 Å². The Bertz CT molecular complexity index is 620. The first-order chi connectivity index (χ1) is 10.1. The van der Waals surface area contributed by atoms with Crippen LogP contribution in [0.1, 0.15) is 33.6 Å². The second kappa shape index (κ2) is 5.01. The second-order valence-electron chi connectivity index (χ2n) is 4.86. The molecule has 0 aliphatic carbocycles. The van der Waals surface area contributed by atoms with Crippen molar-refractivity contribution < 1.29 is 23.9 Å². The number of nitrogens with one attached hydrogen (secondary N) is 1. The Kier molecular flexibility index (Phi) is 3.17. The van der Waals surface area contributed by atoms with E-state index in [9.17, 15) is 19.2 Å². The number of benzene rings is 1. The van der Waals surface area contributed by atoms with Gasteiger partial charge in [-0.25, -0.2) is 9.59 Å². The lowest BCUT2D eigenvalue weighted by atomic mass is 10.1. The highest BCUT2D eigenvalue weighted by Crippen LogP contribution is 2.22. The molecule has 1 unspecified atom stereocenters. The maximum absolute atomic E-state index is 12.1. The van der Waals surface area contributed by atoms with Crippen molar-refractivity contribution in [3.8, 4) is 0 Å². The summed E-state index contributed by atoms with van der Waals surface area (Å²) in [7, 11) is 0. The standard InChI is InChI=1S/C14H12N2O5/c17-11-8-4-1-2-5-9(8)12(18)16(11)7-3-6-10-13(19)21-14(20)15-10/h1-2,4-5,10H,3,6-7H2,(H,15,20). The number of fused-ring (bicyclic) bond motifs is 1. The zero-order valence-electron chi connectivity index (χ0n) is 11.0. The van der Waals surface area contributed by atoms with Crippen LogP contribution in [0.15, 0.2) is 24.3 Å². The van der Waals surface area contributed by atoms with Crippen molar-refractivity contribution in [1.29, 1.82) is 0 Å². The Hall–Kier alpha value is -2.70. The van der Waals surface area contributed by atoms with Gasteiger partial charge in [-0.05, 0) is 25.0 Å². The van der Waals surface area contributed by atoms with Gasteiger partial charge < -0.3 is 10.1 Å². The zero-order valence-corrected chi connectivity index (χ0v) is 11.0. The summed E-state index contributed by atoms with van der Waals surface area (Å²) >= 11 is 0. The highest BCUT2D eigenvalue weighted by Gasteiger charge is 2.36. The molecule has 2 heterocycles. The number of hydrogen-bond acceptors (Lipinski definition) is 5. The van der Waals surface area contributed by atoms with Crippen molar-refractivity contribution >= 4 is 23.9 Å². The van der Waals surface area contributed by atoms with Crippen LogP contribution >= 0.6 is 0 Å². The van der Waals surface area contributed by atoms with Crippen molar-refractivity contribution in [2.45, 2.75) is 18.9 Å². The second-order valence-corrected chi connectivity index (χ2v) is 4.86. The van der Waals surface area contributed by atoms with E-state index in [-0.39, 0.29) is 18.4 Å². The molecule has 0 spiro atoms. The topological polar surface area (TPSA) is 92.8 Å². The number of nitrogens with zero attached hydrogens (tertiary/aromatic N) is 1. The van der Waals surface area contributed by atoms with E-state index in [0.717, 1.165) is 4.90 Å². The molecule has 1 atom stereocenters. The molecule has 1 saturated heterocycles. The first kappa shape index (κ1) is 13.3. The van der Waals surface area contributed by atoms with E-state index in [4.69, 9.17) is 0 Å². The summed E-state index contributed by atoms with van der Waals surface area (Å²) < 4.78 is 4.35. The molecular weight excluding hydrogens is 276 g/mol. The molecule has 21 heavy (non-hydrogen) atoms. The van der Waals surface area contributed by atoms with Gasteiger partial charge in [0.1, 0.15) is 6.04 Å². The Balaban J connectivity index is 1.60. The van der Waals surface area contributed by atoms with Gasteiger partial charge in [0.25, 0.3) is 11.8 Å². The number of amides is 3. The molecule has 0 aromatic heterocycles. The summed E-state index contributed by atoms with van der Waals surface area (Å²) in [5, 5.41) is 2.37. The fraction of sp³-hybridized carbons (Fsp3) is 0.286. The van der Waals surface area contributed by atoms with Gasteiger partial charge in [0, 0.05) is 6.54 Å². The maximum atomic E-state index is 12.1. The summed E-state index contributed by atoms with van der Waals surface area (Å²) in [6, 6.07) is 5.94. The number of imide groups is 1. The van der Waals surface area contributed by atoms with Gasteiger partial charge in [0.05, 0.1) is 11.1 Å². The molecule has 2 aliphatic heterocycles. The Morgan fingerprint density at radius 1 is 1.05 bits per heavy atom. The molecule has 7 nitrogen and oxygen atoms in total. The molecule has 108 valence electrons. The fourth-order valence-corrected chi connectivity index (χ4v) is 2.48. The summed E-state index contributed by atoms with van der Waals surface area (Å²) in [5.41, 5.74) is 0.798. The molecule has 3 amide bonds. The van der Waals surface area contributed by atoms with E-state index in [1.807, 2.05) is 0 Å². The predicted molar refractivity (Wildman–Crippen MR) is 69.5 cm³/mol. The lowest BCUT2D eigenvalue weighted by Gasteiger charge is -2.14. The number of esters is 1. The number of ether oxygens (including phenoxy) is 1. The number of hydrogen-bond donors (Lipinski definition) is 1. The molecule has 1 aromatic carbocycles. The van der Waals surface area contributed by atoms with E-state index in [1.54, 1.807) is 24.3 Å². The van der Waals surface area contributed by atoms with Gasteiger partial charge >= 0.3 is 12.1 Å². The van der Waals surface area contributed by atoms with Gasteiger partial charge in [0.15, 0.2) is 0 Å². The van der Waals surface area contributed by atoms with Crippen LogP contribution in [0.5, 0.6) is 0 Å². The number of alkyl carbamates (subject to hydrolysis) is 1. The maximum Gasteiger partial charge on any atom is 0.415 e. The van der Waals surface area contributed by atoms with Crippen molar-refractivity contribution in [3.63, 3.8) is 0 Å². The normalized spacial score (nSPS) is 20.6. The lowest BCUT2D eigenvalue weighted by Crippen LogP contribution is -2.33. The molecule has 0 saturated carbocycles. The van der Waals surface area contributed by atoms with Crippen LogP contribution in [0.3, 0.4) is 0 Å². The van der Waals surface area contributed by atoms with E-state index in [2.05, 4.69) is 10.1 Å². The van der Waals surface area contributed by atoms with Gasteiger partial charge in [-0.1, -0.05) is 12.1 Å². The highest BCUT2D eigenvalue weighted by atomic mass is 16.6. The minimum absolute atomic E-state index is 0.200. The number of cyclic esters (lactones) is 2. The molecule has 2 aliphatic rings. The van der Waals surface area contributed by atoms with Crippen LogP contribution in [0.25, 0.3) is 0 Å². The smallest absolute Gasteiger partial charge is 0.375 e. The summed E-state index contributed by atoms with van der Waals surface area (Å²) in [6.07, 6.45) is -0.0329. The average molecular weight is 288 g/mol. The third-order valence-corrected chi connectivity index (χ3v) is 3.52. The third kappa shape index (κ3) is 2.26. The highest BCUT2D eigenvalue weighted by molar-refractivity contribution is 6.21. The molecule has 1 aromatic rings. The van der Waals surface area contributed by atoms with Crippen LogP contribution < -0.4 is 5.32 Å². The van der Waals surface area contributed by atoms with E-state index in [1.165, 1.54) is 0 Å². The fourth-order valence-electron chi connectivity index (χ4n) is 2.48. The largest absolute Gasteiger partial charge is 0.415 e. The van der Waals surface area contributed by atoms with Crippen molar-refractivity contribution in [2.24, 2.45) is 0 Å². The molecule has 0 bridgehead atoms. The average Bonchev–Trinajstić information content (AvgIpc) is 2.91. The molecule has 7 heteroatoms. The zero-order chi connectivity index (χ0) is 15.0. The molecule has 1 N–H and O–H groups in total. The minimum atomic E-state index is -0.759. The summed E-state index contributed by atoms with van der Waals surface area (Å²) in [6.45, 7) is 0.200. The van der Waals surface area contributed by atoms with Gasteiger partial charge in [0.2, 0.25) is 0 Å². The van der Waals surface area contributed by atoms with Crippen LogP contribution in [0.4, 0.5) is 4.79 Å². The van der Waals surface area contributed by atoms with Crippen LogP contribution in [-0.4, -0.2) is 41.4 Å². The quantitative estimate of drug-likeness (QED) is 0.500. The third-order valence-electron chi connectivity index (χ3n) is 3.52. The Morgan fingerprint density at radius 3 is 2.19 bits per heavy atom. The molecule has 1 fully saturated rings. The minimum Gasteiger partial charge on any atom is -0.375 e. The molecule has 0 radical (unpaired) electrons. The van der Waals surface area contributed by atoms with Crippen LogP contribution in [0, 0.1) is 0 Å². The van der Waals surface area contributed by atoms with E-state index in [0.29, 0.717) is 24.0 Å². The lowest BCUT2D eigenvalue weighted by molar-refractivity contribution is -0.135. The number of carbonyl (C=O) groups is 4. The first-order valence-corrected chi connectivity index (χ1v) is 6.55. The number of carbonyl (C=O) groups excluding carboxylic acids is 4. The van der Waals surface area contributed by atoms with Gasteiger partial charge in [-0.3, -0.25) is 14.5 Å².